The van der Waals surface area contributed by atoms with Gasteiger partial charge in [0.25, 0.3) is 0 Å². The van der Waals surface area contributed by atoms with Crippen molar-refractivity contribution < 1.29 is 52.8 Å². The highest BCUT2D eigenvalue weighted by Gasteiger charge is 2.31. The van der Waals surface area contributed by atoms with Crippen LogP contribution in [-0.4, -0.2) is 73.1 Å². The quantitative estimate of drug-likeness (QED) is 0.0384. The maximum Gasteiger partial charge on any atom is 0.408 e. The highest BCUT2D eigenvalue weighted by molar-refractivity contribution is 14.1. The Hall–Kier alpha value is -5.72. The lowest BCUT2D eigenvalue weighted by Crippen LogP contribution is -2.50. The Kier molecular flexibility index (Phi) is 15.4. The lowest BCUT2D eigenvalue weighted by atomic mass is 9.97. The number of alkyl carbamates (subject to hydrolysis) is 2. The summed E-state index contributed by atoms with van der Waals surface area (Å²) in [5.41, 5.74) is 2.74. The van der Waals surface area contributed by atoms with Gasteiger partial charge < -0.3 is 49.7 Å². The van der Waals surface area contributed by atoms with E-state index in [0.29, 0.717) is 42.8 Å². The van der Waals surface area contributed by atoms with Crippen LogP contribution >= 0.6 is 45.8 Å². The number of methoxy groups -OCH3 is 3. The average Bonchev–Trinajstić information content (AvgIpc) is 3.61. The first kappa shape index (κ1) is 46.3. The number of ether oxygens (including phenoxy) is 5. The minimum absolute atomic E-state index is 0.0296. The molecule has 0 saturated heterocycles. The molecule has 18 heteroatoms. The van der Waals surface area contributed by atoms with Gasteiger partial charge in [0.2, 0.25) is 5.91 Å². The van der Waals surface area contributed by atoms with Crippen LogP contribution in [0.1, 0.15) is 55.2 Å². The van der Waals surface area contributed by atoms with Crippen molar-refractivity contribution in [2.24, 2.45) is 0 Å². The van der Waals surface area contributed by atoms with E-state index in [-0.39, 0.29) is 34.4 Å². The molecule has 5 N–H and O–H groups in total. The van der Waals surface area contributed by atoms with Gasteiger partial charge in [0.05, 0.1) is 34.9 Å². The SMILES string of the molecule is COC(=O)C(NC(=O)OC(C)(C)C)c1cc(I)c(OC)c(-c2ccc3cc(C[C@@H](NC(=O)OCc4ccccc4)C(=O)N[C@@H](C(=O)O)c4cc(Cl)c(OC)c(Cl)c4)[nH]c3c2)c1. The molecule has 0 aliphatic rings. The van der Waals surface area contributed by atoms with E-state index in [0.717, 1.165) is 5.39 Å². The van der Waals surface area contributed by atoms with Crippen molar-refractivity contribution in [1.29, 1.82) is 0 Å². The number of benzene rings is 4. The molecule has 5 rings (SSSR count). The number of hydrogen-bond acceptors (Lipinski definition) is 10. The summed E-state index contributed by atoms with van der Waals surface area (Å²) in [4.78, 5) is 68.6. The van der Waals surface area contributed by atoms with E-state index < -0.39 is 53.8 Å². The molecular formula is C43H43Cl2IN4O11. The number of fused-ring (bicyclic) bond motifs is 1. The van der Waals surface area contributed by atoms with E-state index in [9.17, 15) is 29.1 Å². The van der Waals surface area contributed by atoms with Crippen molar-refractivity contribution in [1.82, 2.24) is 20.9 Å². The van der Waals surface area contributed by atoms with Crippen molar-refractivity contribution in [3.05, 3.63) is 115 Å². The van der Waals surface area contributed by atoms with Crippen molar-refractivity contribution in [2.45, 2.75) is 57.5 Å². The molecule has 1 unspecified atom stereocenters. The predicted octanol–water partition coefficient (Wildman–Crippen LogP) is 8.28. The minimum atomic E-state index is -1.62. The largest absolute Gasteiger partial charge is 0.495 e. The molecule has 0 bridgehead atoms. The number of hydrogen-bond donors (Lipinski definition) is 5. The monoisotopic (exact) mass is 988 g/mol. The van der Waals surface area contributed by atoms with Gasteiger partial charge in [0.15, 0.2) is 17.8 Å². The highest BCUT2D eigenvalue weighted by atomic mass is 127. The zero-order valence-electron chi connectivity index (χ0n) is 33.8. The Morgan fingerprint density at radius 3 is 2.05 bits per heavy atom. The number of aromatic amines is 1. The molecule has 0 aliphatic heterocycles. The van der Waals surface area contributed by atoms with Crippen LogP contribution in [-0.2, 0) is 41.6 Å². The number of carboxylic acid groups (broad SMARTS) is 1. The van der Waals surface area contributed by atoms with Gasteiger partial charge in [-0.15, -0.1) is 0 Å². The Bertz CT molecular complexity index is 2420. The third-order valence-corrected chi connectivity index (χ3v) is 10.4. The van der Waals surface area contributed by atoms with Gasteiger partial charge in [0, 0.05) is 23.2 Å². The van der Waals surface area contributed by atoms with Gasteiger partial charge in [-0.1, -0.05) is 65.7 Å². The number of esters is 1. The second-order valence-corrected chi connectivity index (χ2v) is 16.5. The van der Waals surface area contributed by atoms with Gasteiger partial charge in [-0.3, -0.25) is 4.79 Å². The summed E-state index contributed by atoms with van der Waals surface area (Å²) in [7, 11) is 4.08. The Morgan fingerprint density at radius 1 is 0.787 bits per heavy atom. The number of amides is 3. The summed E-state index contributed by atoms with van der Waals surface area (Å²) in [5.74, 6) is -2.35. The van der Waals surface area contributed by atoms with Crippen LogP contribution in [0.4, 0.5) is 9.59 Å². The maximum absolute atomic E-state index is 14.0. The zero-order valence-corrected chi connectivity index (χ0v) is 37.5. The molecule has 0 saturated carbocycles. The normalized spacial score (nSPS) is 12.7. The molecule has 322 valence electrons. The van der Waals surface area contributed by atoms with Gasteiger partial charge in [-0.2, -0.15) is 0 Å². The van der Waals surface area contributed by atoms with Crippen molar-refractivity contribution in [3.63, 3.8) is 0 Å². The third kappa shape index (κ3) is 12.0. The van der Waals surface area contributed by atoms with E-state index in [2.05, 4.69) is 43.5 Å². The van der Waals surface area contributed by atoms with Gasteiger partial charge in [-0.25, -0.2) is 19.2 Å². The molecule has 5 aromatic rings. The topological polar surface area (TPSA) is 204 Å². The average molecular weight is 990 g/mol. The summed E-state index contributed by atoms with van der Waals surface area (Å²) >= 11 is 14.7. The highest BCUT2D eigenvalue weighted by Crippen LogP contribution is 2.39. The molecule has 0 aliphatic carbocycles. The Labute approximate surface area is 374 Å². The number of aromatic nitrogens is 1. The van der Waals surface area contributed by atoms with Crippen LogP contribution in [0.25, 0.3) is 22.0 Å². The van der Waals surface area contributed by atoms with Crippen LogP contribution < -0.4 is 25.4 Å². The summed E-state index contributed by atoms with van der Waals surface area (Å²) in [5, 5.41) is 18.6. The molecule has 61 heavy (non-hydrogen) atoms. The van der Waals surface area contributed by atoms with E-state index in [1.807, 2.05) is 24.3 Å². The number of H-pyrrole nitrogens is 1. The zero-order chi connectivity index (χ0) is 44.6. The van der Waals surface area contributed by atoms with Crippen LogP contribution in [0.2, 0.25) is 10.0 Å². The first-order valence-corrected chi connectivity index (χ1v) is 20.3. The first-order valence-electron chi connectivity index (χ1n) is 18.5. The fraction of sp³-hybridized carbons (Fsp3) is 0.279. The second kappa shape index (κ2) is 20.2. The van der Waals surface area contributed by atoms with Gasteiger partial charge in [0.1, 0.15) is 24.0 Å². The van der Waals surface area contributed by atoms with Crippen molar-refractivity contribution >= 4 is 86.7 Å². The Morgan fingerprint density at radius 2 is 1.44 bits per heavy atom. The number of halogens is 3. The lowest BCUT2D eigenvalue weighted by Gasteiger charge is -2.23. The summed E-state index contributed by atoms with van der Waals surface area (Å²) < 4.78 is 27.4. The smallest absolute Gasteiger partial charge is 0.408 e. The summed E-state index contributed by atoms with van der Waals surface area (Å²) in [6.45, 7) is 5.02. The van der Waals surface area contributed by atoms with Crippen LogP contribution in [0.3, 0.4) is 0 Å². The summed E-state index contributed by atoms with van der Waals surface area (Å²) in [6.07, 6.45) is -1.85. The molecule has 0 spiro atoms. The van der Waals surface area contributed by atoms with Crippen LogP contribution in [0.5, 0.6) is 11.5 Å². The van der Waals surface area contributed by atoms with Gasteiger partial charge in [-0.05, 0) is 107 Å². The first-order chi connectivity index (χ1) is 28.9. The fourth-order valence-corrected chi connectivity index (χ4v) is 7.83. The number of aliphatic carboxylic acids is 1. The molecule has 15 nitrogen and oxygen atoms in total. The van der Waals surface area contributed by atoms with Crippen molar-refractivity contribution in [3.8, 4) is 22.6 Å². The molecule has 1 heterocycles. The molecule has 1 aromatic heterocycles. The van der Waals surface area contributed by atoms with Crippen molar-refractivity contribution in [2.75, 3.05) is 21.3 Å². The number of nitrogens with one attached hydrogen (secondary N) is 4. The van der Waals surface area contributed by atoms with Crippen LogP contribution in [0.15, 0.2) is 78.9 Å². The molecular weight excluding hydrogens is 946 g/mol. The number of carbonyl (C=O) groups excluding carboxylic acids is 4. The third-order valence-electron chi connectivity index (χ3n) is 9.03. The van der Waals surface area contributed by atoms with Crippen LogP contribution in [0, 0.1) is 3.57 Å². The molecule has 3 amide bonds. The van der Waals surface area contributed by atoms with E-state index in [1.165, 1.54) is 33.5 Å². The predicted molar refractivity (Wildman–Crippen MR) is 236 cm³/mol. The fourth-order valence-electron chi connectivity index (χ4n) is 6.30. The standard InChI is InChI=1S/C43H43Cl2IN4O11/c1-43(2,3)61-42(56)50-35(40(54)59-6)25-15-28(36(57-4)31(46)18-25)23-12-13-24-14-27(47-32(24)19-23)20-33(48-41(55)60-21-22-10-8-7-9-11-22)38(51)49-34(39(52)53)26-16-29(44)37(58-5)30(45)17-26/h7-19,33-35,47H,20-21H2,1-6H3,(H,48,55)(H,49,51)(H,50,56)(H,52,53)/t33-,34-,35?/m1/s1. The van der Waals surface area contributed by atoms with E-state index in [1.54, 1.807) is 63.2 Å². The molecule has 0 fully saturated rings. The van der Waals surface area contributed by atoms with E-state index >= 15 is 0 Å². The Balaban J connectivity index is 1.47. The maximum atomic E-state index is 14.0. The minimum Gasteiger partial charge on any atom is -0.495 e. The molecule has 4 aromatic carbocycles. The number of carboxylic acids is 1. The van der Waals surface area contributed by atoms with E-state index in [4.69, 9.17) is 46.9 Å². The molecule has 0 radical (unpaired) electrons. The lowest BCUT2D eigenvalue weighted by molar-refractivity contribution is -0.143. The number of rotatable bonds is 15. The second-order valence-electron chi connectivity index (χ2n) is 14.5. The molecule has 3 atom stereocenters. The summed E-state index contributed by atoms with van der Waals surface area (Å²) in [6, 6.07) is 18.1. The van der Waals surface area contributed by atoms with Gasteiger partial charge >= 0.3 is 24.1 Å². The number of carbonyl (C=O) groups is 5.